The molecule has 4 nitrogen and oxygen atoms in total. The summed E-state index contributed by atoms with van der Waals surface area (Å²) in [4.78, 5) is 2.28. The van der Waals surface area contributed by atoms with E-state index in [1.165, 1.54) is 5.56 Å². The summed E-state index contributed by atoms with van der Waals surface area (Å²) < 4.78 is 0. The second-order valence-electron chi connectivity index (χ2n) is 4.46. The minimum absolute atomic E-state index is 0.460. The molecule has 0 saturated heterocycles. The Morgan fingerprint density at radius 1 is 1.24 bits per heavy atom. The standard InChI is InChI=1S/C13H24N4/c1-6-9(3)17(7-2)13-12(8-14)10(4)11(5)15-16-13/h9H,6-8,14H2,1-5H3. The molecule has 0 fully saturated rings. The van der Waals surface area contributed by atoms with Gasteiger partial charge in [-0.1, -0.05) is 6.92 Å². The highest BCUT2D eigenvalue weighted by Crippen LogP contribution is 2.23. The molecule has 1 rings (SSSR count). The van der Waals surface area contributed by atoms with E-state index in [1.54, 1.807) is 0 Å². The van der Waals surface area contributed by atoms with Crippen LogP contribution in [-0.2, 0) is 6.54 Å². The predicted octanol–water partition coefficient (Wildman–Crippen LogP) is 2.18. The van der Waals surface area contributed by atoms with Crippen LogP contribution < -0.4 is 10.6 Å². The van der Waals surface area contributed by atoms with Crippen molar-refractivity contribution in [2.24, 2.45) is 5.73 Å². The van der Waals surface area contributed by atoms with Gasteiger partial charge in [-0.15, -0.1) is 5.10 Å². The van der Waals surface area contributed by atoms with Gasteiger partial charge in [0.1, 0.15) is 0 Å². The molecule has 96 valence electrons. The molecule has 1 atom stereocenters. The normalized spacial score (nSPS) is 12.6. The van der Waals surface area contributed by atoms with E-state index in [-0.39, 0.29) is 0 Å². The van der Waals surface area contributed by atoms with Gasteiger partial charge in [-0.2, -0.15) is 5.10 Å². The summed E-state index contributed by atoms with van der Waals surface area (Å²) in [6.45, 7) is 12.0. The number of aryl methyl sites for hydroxylation is 1. The highest BCUT2D eigenvalue weighted by Gasteiger charge is 2.18. The Morgan fingerprint density at radius 2 is 1.88 bits per heavy atom. The number of anilines is 1. The summed E-state index contributed by atoms with van der Waals surface area (Å²) in [7, 11) is 0. The summed E-state index contributed by atoms with van der Waals surface area (Å²) in [5, 5.41) is 8.57. The quantitative estimate of drug-likeness (QED) is 0.851. The Hall–Kier alpha value is -1.16. The van der Waals surface area contributed by atoms with Crippen LogP contribution in [0.3, 0.4) is 0 Å². The molecule has 0 aliphatic rings. The van der Waals surface area contributed by atoms with E-state index in [0.29, 0.717) is 12.6 Å². The Bertz CT molecular complexity index is 376. The van der Waals surface area contributed by atoms with E-state index < -0.39 is 0 Å². The van der Waals surface area contributed by atoms with Gasteiger partial charge in [0.25, 0.3) is 0 Å². The summed E-state index contributed by atoms with van der Waals surface area (Å²) in [5.41, 5.74) is 9.12. The van der Waals surface area contributed by atoms with Gasteiger partial charge in [-0.05, 0) is 39.7 Å². The van der Waals surface area contributed by atoms with Crippen LogP contribution in [0.5, 0.6) is 0 Å². The molecule has 1 unspecified atom stereocenters. The summed E-state index contributed by atoms with van der Waals surface area (Å²) in [6, 6.07) is 0.460. The lowest BCUT2D eigenvalue weighted by Gasteiger charge is -2.30. The van der Waals surface area contributed by atoms with E-state index in [2.05, 4.69) is 42.8 Å². The van der Waals surface area contributed by atoms with E-state index in [0.717, 1.165) is 30.0 Å². The number of hydrogen-bond acceptors (Lipinski definition) is 4. The number of hydrogen-bond donors (Lipinski definition) is 1. The molecular weight excluding hydrogens is 212 g/mol. The topological polar surface area (TPSA) is 55.0 Å². The van der Waals surface area contributed by atoms with Gasteiger partial charge in [0, 0.05) is 24.7 Å². The number of nitrogens with two attached hydrogens (primary N) is 1. The van der Waals surface area contributed by atoms with Crippen LogP contribution in [0.15, 0.2) is 0 Å². The third-order valence-electron chi connectivity index (χ3n) is 3.50. The van der Waals surface area contributed by atoms with Crippen molar-refractivity contribution in [1.29, 1.82) is 0 Å². The van der Waals surface area contributed by atoms with Crippen LogP contribution in [0.4, 0.5) is 5.82 Å². The largest absolute Gasteiger partial charge is 0.352 e. The lowest BCUT2D eigenvalue weighted by molar-refractivity contribution is 0.614. The molecular formula is C13H24N4. The predicted molar refractivity (Wildman–Crippen MR) is 72.2 cm³/mol. The average Bonchev–Trinajstić information content (AvgIpc) is 2.34. The van der Waals surface area contributed by atoms with Crippen molar-refractivity contribution in [2.75, 3.05) is 11.4 Å². The molecule has 0 aliphatic carbocycles. The first-order valence-corrected chi connectivity index (χ1v) is 6.36. The van der Waals surface area contributed by atoms with Crippen molar-refractivity contribution in [3.05, 3.63) is 16.8 Å². The molecule has 0 spiro atoms. The molecule has 17 heavy (non-hydrogen) atoms. The fourth-order valence-electron chi connectivity index (χ4n) is 2.01. The minimum Gasteiger partial charge on any atom is -0.352 e. The molecule has 1 aromatic rings. The zero-order valence-corrected chi connectivity index (χ0v) is 11.6. The molecule has 4 heteroatoms. The highest BCUT2D eigenvalue weighted by molar-refractivity contribution is 5.51. The SMILES string of the molecule is CCC(C)N(CC)c1nnc(C)c(C)c1CN. The zero-order valence-electron chi connectivity index (χ0n) is 11.6. The molecule has 0 aromatic carbocycles. The molecule has 0 bridgehead atoms. The molecule has 0 saturated carbocycles. The van der Waals surface area contributed by atoms with E-state index in [9.17, 15) is 0 Å². The summed E-state index contributed by atoms with van der Waals surface area (Å²) in [5.74, 6) is 0.951. The van der Waals surface area contributed by atoms with Crippen molar-refractivity contribution >= 4 is 5.82 Å². The van der Waals surface area contributed by atoms with E-state index in [1.807, 2.05) is 6.92 Å². The van der Waals surface area contributed by atoms with Gasteiger partial charge in [0.05, 0.1) is 5.69 Å². The number of aromatic nitrogens is 2. The Balaban J connectivity index is 3.24. The van der Waals surface area contributed by atoms with Gasteiger partial charge >= 0.3 is 0 Å². The maximum Gasteiger partial charge on any atom is 0.156 e. The van der Waals surface area contributed by atoms with Crippen LogP contribution in [-0.4, -0.2) is 22.8 Å². The maximum absolute atomic E-state index is 5.86. The maximum atomic E-state index is 5.86. The zero-order chi connectivity index (χ0) is 13.0. The molecule has 0 aliphatic heterocycles. The van der Waals surface area contributed by atoms with Gasteiger partial charge < -0.3 is 10.6 Å². The smallest absolute Gasteiger partial charge is 0.156 e. The van der Waals surface area contributed by atoms with Crippen molar-refractivity contribution < 1.29 is 0 Å². The lowest BCUT2D eigenvalue weighted by Crippen LogP contribution is -2.34. The highest BCUT2D eigenvalue weighted by atomic mass is 15.3. The van der Waals surface area contributed by atoms with Gasteiger partial charge in [0.15, 0.2) is 5.82 Å². The van der Waals surface area contributed by atoms with Crippen molar-refractivity contribution in [2.45, 2.75) is 53.6 Å². The van der Waals surface area contributed by atoms with Gasteiger partial charge in [-0.25, -0.2) is 0 Å². The summed E-state index contributed by atoms with van der Waals surface area (Å²) in [6.07, 6.45) is 1.09. The van der Waals surface area contributed by atoms with Crippen molar-refractivity contribution in [1.82, 2.24) is 10.2 Å². The first kappa shape index (κ1) is 13.9. The summed E-state index contributed by atoms with van der Waals surface area (Å²) >= 11 is 0. The molecule has 0 radical (unpaired) electrons. The van der Waals surface area contributed by atoms with Crippen LogP contribution in [0.25, 0.3) is 0 Å². The molecule has 0 amide bonds. The monoisotopic (exact) mass is 236 g/mol. The Labute approximate surface area is 104 Å². The third-order valence-corrected chi connectivity index (χ3v) is 3.50. The van der Waals surface area contributed by atoms with Crippen molar-refractivity contribution in [3.8, 4) is 0 Å². The first-order valence-electron chi connectivity index (χ1n) is 6.36. The lowest BCUT2D eigenvalue weighted by atomic mass is 10.1. The molecule has 1 heterocycles. The Morgan fingerprint density at radius 3 is 2.35 bits per heavy atom. The minimum atomic E-state index is 0.460. The first-order chi connectivity index (χ1) is 8.06. The molecule has 2 N–H and O–H groups in total. The number of rotatable bonds is 5. The Kier molecular flexibility index (Phi) is 4.87. The second-order valence-corrected chi connectivity index (χ2v) is 4.46. The van der Waals surface area contributed by atoms with Crippen molar-refractivity contribution in [3.63, 3.8) is 0 Å². The second kappa shape index (κ2) is 5.96. The van der Waals surface area contributed by atoms with Crippen LogP contribution >= 0.6 is 0 Å². The van der Waals surface area contributed by atoms with Gasteiger partial charge in [0.2, 0.25) is 0 Å². The van der Waals surface area contributed by atoms with E-state index in [4.69, 9.17) is 5.73 Å². The number of nitrogens with zero attached hydrogens (tertiary/aromatic N) is 3. The average molecular weight is 236 g/mol. The van der Waals surface area contributed by atoms with Crippen LogP contribution in [0.2, 0.25) is 0 Å². The molecule has 1 aromatic heterocycles. The van der Waals surface area contributed by atoms with E-state index >= 15 is 0 Å². The van der Waals surface area contributed by atoms with Crippen LogP contribution in [0.1, 0.15) is 44.0 Å². The van der Waals surface area contributed by atoms with Gasteiger partial charge in [-0.3, -0.25) is 0 Å². The fourth-order valence-corrected chi connectivity index (χ4v) is 2.01. The third kappa shape index (κ3) is 2.75. The van der Waals surface area contributed by atoms with Crippen LogP contribution in [0, 0.1) is 13.8 Å². The fraction of sp³-hybridized carbons (Fsp3) is 0.692.